The monoisotopic (exact) mass is 271 g/mol. The molecule has 2 aliphatic rings. The van der Waals surface area contributed by atoms with E-state index in [0.29, 0.717) is 5.41 Å². The molecule has 2 saturated carbocycles. The van der Waals surface area contributed by atoms with E-state index in [1.165, 1.54) is 44.2 Å². The van der Waals surface area contributed by atoms with Gasteiger partial charge in [-0.3, -0.25) is 0 Å². The molecule has 2 fully saturated rings. The summed E-state index contributed by atoms with van der Waals surface area (Å²) in [7, 11) is 2.00. The Labute approximate surface area is 124 Å². The van der Waals surface area contributed by atoms with Crippen LogP contribution in [0.25, 0.3) is 0 Å². The molecule has 20 heavy (non-hydrogen) atoms. The number of fused-ring (bicyclic) bond motifs is 2. The van der Waals surface area contributed by atoms with E-state index >= 15 is 0 Å². The van der Waals surface area contributed by atoms with Crippen LogP contribution in [0, 0.1) is 17.8 Å². The molecule has 4 unspecified atom stereocenters. The number of hydrogen-bond donors (Lipinski definition) is 1. The first-order valence-electron chi connectivity index (χ1n) is 8.43. The summed E-state index contributed by atoms with van der Waals surface area (Å²) >= 11 is 0. The van der Waals surface area contributed by atoms with E-state index < -0.39 is 0 Å². The van der Waals surface area contributed by atoms with Crippen LogP contribution in [-0.4, -0.2) is 7.05 Å². The zero-order valence-corrected chi connectivity index (χ0v) is 13.3. The Morgan fingerprint density at radius 2 is 1.85 bits per heavy atom. The van der Waals surface area contributed by atoms with Crippen LogP contribution in [-0.2, 0) is 5.41 Å². The van der Waals surface area contributed by atoms with Gasteiger partial charge in [-0.05, 0) is 73.0 Å². The third kappa shape index (κ3) is 2.47. The van der Waals surface area contributed by atoms with Crippen LogP contribution in [0.2, 0.25) is 0 Å². The summed E-state index contributed by atoms with van der Waals surface area (Å²) in [6.07, 6.45) is 8.57. The van der Waals surface area contributed by atoms with Crippen LogP contribution in [0.5, 0.6) is 0 Å². The van der Waals surface area contributed by atoms with Gasteiger partial charge in [-0.2, -0.15) is 0 Å². The topological polar surface area (TPSA) is 12.0 Å². The highest BCUT2D eigenvalue weighted by atomic mass is 14.8. The Hall–Kier alpha value is -0.980. The highest BCUT2D eigenvalue weighted by Crippen LogP contribution is 2.54. The minimum atomic E-state index is 0.480. The molecule has 0 saturated heterocycles. The second-order valence-corrected chi connectivity index (χ2v) is 7.44. The normalized spacial score (nSPS) is 36.6. The van der Waals surface area contributed by atoms with E-state index in [0.717, 1.165) is 17.8 Å². The van der Waals surface area contributed by atoms with Crippen molar-refractivity contribution in [3.63, 3.8) is 0 Å². The van der Waals surface area contributed by atoms with Gasteiger partial charge in [0.05, 0.1) is 0 Å². The summed E-state index contributed by atoms with van der Waals surface area (Å²) < 4.78 is 0. The van der Waals surface area contributed by atoms with Gasteiger partial charge in [-0.15, -0.1) is 0 Å². The Balaban J connectivity index is 1.92. The van der Waals surface area contributed by atoms with Crippen molar-refractivity contribution < 1.29 is 0 Å². The van der Waals surface area contributed by atoms with Crippen molar-refractivity contribution in [1.29, 1.82) is 0 Å². The number of anilines is 1. The summed E-state index contributed by atoms with van der Waals surface area (Å²) in [6.45, 7) is 4.85. The maximum atomic E-state index is 3.24. The summed E-state index contributed by atoms with van der Waals surface area (Å²) in [5.41, 5.74) is 3.31. The highest BCUT2D eigenvalue weighted by Gasteiger charge is 2.45. The fourth-order valence-corrected chi connectivity index (χ4v) is 5.15. The molecule has 0 aliphatic heterocycles. The predicted molar refractivity (Wildman–Crippen MR) is 87.2 cm³/mol. The summed E-state index contributed by atoms with van der Waals surface area (Å²) in [5.74, 6) is 2.82. The van der Waals surface area contributed by atoms with Crippen molar-refractivity contribution in [2.75, 3.05) is 12.4 Å². The Bertz CT molecular complexity index is 445. The third-order valence-corrected chi connectivity index (χ3v) is 5.86. The summed E-state index contributed by atoms with van der Waals surface area (Å²) in [5, 5.41) is 3.24. The van der Waals surface area contributed by atoms with Crippen molar-refractivity contribution >= 4 is 5.69 Å². The number of hydrogen-bond acceptors (Lipinski definition) is 1. The standard InChI is InChI=1S/C19H29N/c1-4-15-10-16-9-14(2)11-19(12-15,13-16)17-5-7-18(20-3)8-6-17/h5-8,14-16,20H,4,9-13H2,1-3H3. The lowest BCUT2D eigenvalue weighted by molar-refractivity contribution is 0.0702. The van der Waals surface area contributed by atoms with Gasteiger partial charge in [0, 0.05) is 12.7 Å². The van der Waals surface area contributed by atoms with Crippen molar-refractivity contribution in [3.8, 4) is 0 Å². The lowest BCUT2D eigenvalue weighted by atomic mass is 9.54. The van der Waals surface area contributed by atoms with Gasteiger partial charge in [-0.25, -0.2) is 0 Å². The molecule has 0 spiro atoms. The molecule has 1 nitrogen and oxygen atoms in total. The van der Waals surface area contributed by atoms with E-state index in [-0.39, 0.29) is 0 Å². The molecule has 0 amide bonds. The van der Waals surface area contributed by atoms with Crippen molar-refractivity contribution in [1.82, 2.24) is 0 Å². The Kier molecular flexibility index (Phi) is 3.79. The molecule has 110 valence electrons. The molecule has 3 rings (SSSR count). The van der Waals surface area contributed by atoms with Gasteiger partial charge >= 0.3 is 0 Å². The molecule has 1 aromatic carbocycles. The molecular formula is C19H29N. The SMILES string of the molecule is CCC1CC2CC(C)CC(c3ccc(NC)cc3)(C1)C2. The number of nitrogens with one attached hydrogen (secondary N) is 1. The minimum absolute atomic E-state index is 0.480. The average Bonchev–Trinajstić information content (AvgIpc) is 2.46. The Morgan fingerprint density at radius 1 is 1.10 bits per heavy atom. The maximum absolute atomic E-state index is 3.24. The molecule has 0 aromatic heterocycles. The number of rotatable bonds is 3. The van der Waals surface area contributed by atoms with E-state index in [9.17, 15) is 0 Å². The van der Waals surface area contributed by atoms with Gasteiger partial charge < -0.3 is 5.32 Å². The summed E-state index contributed by atoms with van der Waals surface area (Å²) in [6, 6.07) is 9.29. The van der Waals surface area contributed by atoms with Gasteiger partial charge in [0.15, 0.2) is 0 Å². The van der Waals surface area contributed by atoms with E-state index in [2.05, 4.69) is 43.4 Å². The van der Waals surface area contributed by atoms with Crippen molar-refractivity contribution in [2.45, 2.75) is 57.8 Å². The zero-order chi connectivity index (χ0) is 14.2. The molecule has 1 aromatic rings. The summed E-state index contributed by atoms with van der Waals surface area (Å²) in [4.78, 5) is 0. The minimum Gasteiger partial charge on any atom is -0.388 e. The zero-order valence-electron chi connectivity index (χ0n) is 13.3. The van der Waals surface area contributed by atoms with E-state index in [1.54, 1.807) is 5.56 Å². The van der Waals surface area contributed by atoms with Crippen LogP contribution in [0.1, 0.15) is 57.9 Å². The third-order valence-electron chi connectivity index (χ3n) is 5.86. The first-order valence-corrected chi connectivity index (χ1v) is 8.43. The predicted octanol–water partition coefficient (Wildman–Crippen LogP) is 5.22. The molecule has 2 aliphatic carbocycles. The van der Waals surface area contributed by atoms with Gasteiger partial charge in [0.25, 0.3) is 0 Å². The average molecular weight is 271 g/mol. The number of benzene rings is 1. The molecule has 2 bridgehead atoms. The molecule has 4 atom stereocenters. The maximum Gasteiger partial charge on any atom is 0.0337 e. The second-order valence-electron chi connectivity index (χ2n) is 7.44. The van der Waals surface area contributed by atoms with Gasteiger partial charge in [-0.1, -0.05) is 32.4 Å². The molecular weight excluding hydrogens is 242 g/mol. The van der Waals surface area contributed by atoms with Crippen LogP contribution < -0.4 is 5.32 Å². The second kappa shape index (κ2) is 5.42. The van der Waals surface area contributed by atoms with Gasteiger partial charge in [0.1, 0.15) is 0 Å². The Morgan fingerprint density at radius 3 is 2.50 bits per heavy atom. The first kappa shape index (κ1) is 14.0. The molecule has 1 heteroatoms. The largest absolute Gasteiger partial charge is 0.388 e. The quantitative estimate of drug-likeness (QED) is 0.794. The van der Waals surface area contributed by atoms with Crippen LogP contribution in [0.15, 0.2) is 24.3 Å². The lowest BCUT2D eigenvalue weighted by Gasteiger charge is -2.51. The fourth-order valence-electron chi connectivity index (χ4n) is 5.15. The van der Waals surface area contributed by atoms with E-state index in [1.807, 2.05) is 7.05 Å². The van der Waals surface area contributed by atoms with Crippen LogP contribution >= 0.6 is 0 Å². The van der Waals surface area contributed by atoms with E-state index in [4.69, 9.17) is 0 Å². The van der Waals surface area contributed by atoms with Gasteiger partial charge in [0.2, 0.25) is 0 Å². The fraction of sp³-hybridized carbons (Fsp3) is 0.684. The molecule has 0 heterocycles. The van der Waals surface area contributed by atoms with Crippen molar-refractivity contribution in [2.24, 2.45) is 17.8 Å². The lowest BCUT2D eigenvalue weighted by Crippen LogP contribution is -2.42. The van der Waals surface area contributed by atoms with Crippen LogP contribution in [0.4, 0.5) is 5.69 Å². The highest BCUT2D eigenvalue weighted by molar-refractivity contribution is 5.45. The molecule has 1 N–H and O–H groups in total. The van der Waals surface area contributed by atoms with Crippen LogP contribution in [0.3, 0.4) is 0 Å². The smallest absolute Gasteiger partial charge is 0.0337 e. The first-order chi connectivity index (χ1) is 9.65. The van der Waals surface area contributed by atoms with Crippen molar-refractivity contribution in [3.05, 3.63) is 29.8 Å². The molecule has 0 radical (unpaired) electrons.